The normalized spacial score (nSPS) is 25.9. The highest BCUT2D eigenvalue weighted by molar-refractivity contribution is 8.77. The van der Waals surface area contributed by atoms with Crippen LogP contribution in [0.2, 0.25) is 0 Å². The molecule has 0 N–H and O–H groups in total. The zero-order valence-corrected chi connectivity index (χ0v) is 17.7. The molecular formula is C21H31NO2S2. The van der Waals surface area contributed by atoms with Crippen LogP contribution in [0, 0.1) is 0 Å². The zero-order valence-electron chi connectivity index (χ0n) is 16.0. The minimum atomic E-state index is -0.461. The van der Waals surface area contributed by atoms with Crippen molar-refractivity contribution in [1.29, 1.82) is 0 Å². The molecule has 1 aromatic carbocycles. The fraction of sp³-hybridized carbons (Fsp3) is 0.667. The first-order valence-corrected chi connectivity index (χ1v) is 12.1. The minimum Gasteiger partial charge on any atom is -0.465 e. The second kappa shape index (κ2) is 9.03. The third-order valence-electron chi connectivity index (χ3n) is 5.87. The van der Waals surface area contributed by atoms with E-state index in [0.29, 0.717) is 11.4 Å². The van der Waals surface area contributed by atoms with Gasteiger partial charge in [0.2, 0.25) is 0 Å². The molecule has 3 rings (SSSR count). The number of hydrogen-bond acceptors (Lipinski definition) is 5. The Hall–Kier alpha value is -0.650. The Kier molecular flexibility index (Phi) is 6.98. The van der Waals surface area contributed by atoms with E-state index in [4.69, 9.17) is 4.74 Å². The van der Waals surface area contributed by atoms with Crippen LogP contribution in [0.25, 0.3) is 0 Å². The molecule has 5 heteroatoms. The number of rotatable bonds is 7. The molecule has 0 aliphatic carbocycles. The van der Waals surface area contributed by atoms with Crippen LogP contribution >= 0.6 is 21.6 Å². The summed E-state index contributed by atoms with van der Waals surface area (Å²) in [5.74, 6) is 1.25. The maximum Gasteiger partial charge on any atom is 0.316 e. The predicted octanol–water partition coefficient (Wildman–Crippen LogP) is 4.91. The fourth-order valence-electron chi connectivity index (χ4n) is 3.92. The summed E-state index contributed by atoms with van der Waals surface area (Å²) in [4.78, 5) is 15.4. The molecule has 0 bridgehead atoms. The molecule has 0 unspecified atom stereocenters. The first kappa shape index (κ1) is 20.1. The highest BCUT2D eigenvalue weighted by Crippen LogP contribution is 2.49. The predicted molar refractivity (Wildman–Crippen MR) is 113 cm³/mol. The maximum atomic E-state index is 13.1. The Bertz CT molecular complexity index is 579. The molecule has 2 aliphatic rings. The van der Waals surface area contributed by atoms with Gasteiger partial charge in [0.15, 0.2) is 0 Å². The lowest BCUT2D eigenvalue weighted by atomic mass is 9.73. The van der Waals surface area contributed by atoms with Gasteiger partial charge < -0.3 is 9.64 Å². The molecule has 3 nitrogen and oxygen atoms in total. The molecule has 2 aliphatic heterocycles. The summed E-state index contributed by atoms with van der Waals surface area (Å²) in [7, 11) is 6.15. The number of hydrogen-bond donors (Lipinski definition) is 0. The molecule has 2 fully saturated rings. The Labute approximate surface area is 166 Å². The molecule has 2 saturated heterocycles. The highest BCUT2D eigenvalue weighted by Gasteiger charge is 2.43. The third-order valence-corrected chi connectivity index (χ3v) is 9.23. The van der Waals surface area contributed by atoms with Crippen molar-refractivity contribution >= 4 is 27.6 Å². The van der Waals surface area contributed by atoms with Gasteiger partial charge in [-0.2, -0.15) is 0 Å². The van der Waals surface area contributed by atoms with Crippen LogP contribution in [0.15, 0.2) is 30.3 Å². The summed E-state index contributed by atoms with van der Waals surface area (Å²) in [5.41, 5.74) is 0.655. The van der Waals surface area contributed by atoms with Gasteiger partial charge in [-0.1, -0.05) is 51.9 Å². The molecular weight excluding hydrogens is 362 g/mol. The van der Waals surface area contributed by atoms with Crippen molar-refractivity contribution < 1.29 is 9.53 Å². The van der Waals surface area contributed by atoms with Gasteiger partial charge in [-0.05, 0) is 71.1 Å². The van der Waals surface area contributed by atoms with Gasteiger partial charge in [0, 0.05) is 10.5 Å². The van der Waals surface area contributed by atoms with E-state index in [0.717, 1.165) is 44.3 Å². The first-order chi connectivity index (χ1) is 12.5. The molecule has 26 heavy (non-hydrogen) atoms. The first-order valence-electron chi connectivity index (χ1n) is 9.76. The van der Waals surface area contributed by atoms with E-state index < -0.39 is 5.41 Å². The van der Waals surface area contributed by atoms with Gasteiger partial charge in [-0.25, -0.2) is 0 Å². The van der Waals surface area contributed by atoms with Crippen molar-refractivity contribution in [1.82, 2.24) is 4.90 Å². The van der Waals surface area contributed by atoms with E-state index in [1.165, 1.54) is 18.6 Å². The summed E-state index contributed by atoms with van der Waals surface area (Å²) in [6.07, 6.45) is 6.32. The molecule has 0 amide bonds. The number of carbonyl (C=O) groups excluding carboxylic acids is 1. The third kappa shape index (κ3) is 4.79. The number of esters is 1. The standard InChI is InChI=1S/C21H31NO2S2/c1-20(13-17-25-26-20)10-6-7-16-24-19(23)21(11-14-22(2)15-12-21)18-8-4-3-5-9-18/h3-5,8-9H,6-7,10-17H2,1-2H3/t20-/m0/s1. The quantitative estimate of drug-likeness (QED) is 0.373. The van der Waals surface area contributed by atoms with Crippen LogP contribution in [0.3, 0.4) is 0 Å². The fourth-order valence-corrected chi connectivity index (χ4v) is 7.22. The zero-order chi connectivity index (χ0) is 18.5. The lowest BCUT2D eigenvalue weighted by molar-refractivity contribution is -0.153. The van der Waals surface area contributed by atoms with Crippen LogP contribution in [-0.4, -0.2) is 48.1 Å². The number of likely N-dealkylation sites (tertiary alicyclic amines) is 1. The van der Waals surface area contributed by atoms with Crippen LogP contribution < -0.4 is 0 Å². The second-order valence-electron chi connectivity index (χ2n) is 7.95. The van der Waals surface area contributed by atoms with Gasteiger partial charge in [0.25, 0.3) is 0 Å². The van der Waals surface area contributed by atoms with Crippen LogP contribution in [0.1, 0.15) is 51.0 Å². The molecule has 0 saturated carbocycles. The maximum absolute atomic E-state index is 13.1. The number of benzene rings is 1. The minimum absolute atomic E-state index is 0.0196. The van der Waals surface area contributed by atoms with Crippen LogP contribution in [0.5, 0.6) is 0 Å². The van der Waals surface area contributed by atoms with E-state index in [1.54, 1.807) is 0 Å². The van der Waals surface area contributed by atoms with Gasteiger partial charge in [-0.15, -0.1) is 0 Å². The number of ether oxygens (including phenoxy) is 1. The SMILES string of the molecule is CN1CCC(C(=O)OCCCC[C@@]2(C)CCSS2)(c2ccccc2)CC1. The van der Waals surface area contributed by atoms with Crippen LogP contribution in [0.4, 0.5) is 0 Å². The molecule has 1 aromatic rings. The van der Waals surface area contributed by atoms with E-state index in [1.807, 2.05) is 39.8 Å². The topological polar surface area (TPSA) is 29.5 Å². The Balaban J connectivity index is 1.53. The number of nitrogens with zero attached hydrogens (tertiary/aromatic N) is 1. The Morgan fingerprint density at radius 3 is 2.54 bits per heavy atom. The van der Waals surface area contributed by atoms with Crippen molar-refractivity contribution in [2.24, 2.45) is 0 Å². The molecule has 1 atom stereocenters. The van der Waals surface area contributed by atoms with Crippen molar-refractivity contribution in [2.45, 2.75) is 55.6 Å². The average Bonchev–Trinajstić information content (AvgIpc) is 3.09. The Morgan fingerprint density at radius 2 is 1.88 bits per heavy atom. The van der Waals surface area contributed by atoms with Crippen molar-refractivity contribution in [2.75, 3.05) is 32.5 Å². The molecule has 0 aromatic heterocycles. The number of carbonyl (C=O) groups is 1. The summed E-state index contributed by atoms with van der Waals surface area (Å²) >= 11 is 0. The van der Waals surface area contributed by atoms with Gasteiger partial charge in [-0.3, -0.25) is 4.79 Å². The average molecular weight is 394 g/mol. The summed E-state index contributed by atoms with van der Waals surface area (Å²) in [6, 6.07) is 10.2. The summed E-state index contributed by atoms with van der Waals surface area (Å²) in [6.45, 7) is 4.80. The van der Waals surface area contributed by atoms with E-state index in [9.17, 15) is 4.79 Å². The molecule has 0 radical (unpaired) electrons. The van der Waals surface area contributed by atoms with E-state index in [-0.39, 0.29) is 5.97 Å². The largest absolute Gasteiger partial charge is 0.465 e. The van der Waals surface area contributed by atoms with Crippen molar-refractivity contribution in [3.8, 4) is 0 Å². The Morgan fingerprint density at radius 1 is 1.15 bits per heavy atom. The molecule has 0 spiro atoms. The van der Waals surface area contributed by atoms with Gasteiger partial charge in [0.05, 0.1) is 12.0 Å². The number of unbranched alkanes of at least 4 members (excludes halogenated alkanes) is 1. The summed E-state index contributed by atoms with van der Waals surface area (Å²) in [5, 5.41) is 0. The lowest BCUT2D eigenvalue weighted by Crippen LogP contribution is -2.47. The smallest absolute Gasteiger partial charge is 0.316 e. The van der Waals surface area contributed by atoms with E-state index >= 15 is 0 Å². The molecule has 2 heterocycles. The van der Waals surface area contributed by atoms with Crippen molar-refractivity contribution in [3.05, 3.63) is 35.9 Å². The van der Waals surface area contributed by atoms with Crippen LogP contribution in [-0.2, 0) is 14.9 Å². The lowest BCUT2D eigenvalue weighted by Gasteiger charge is -2.39. The van der Waals surface area contributed by atoms with Crippen molar-refractivity contribution in [3.63, 3.8) is 0 Å². The summed E-state index contributed by atoms with van der Waals surface area (Å²) < 4.78 is 6.23. The van der Waals surface area contributed by atoms with Gasteiger partial charge >= 0.3 is 5.97 Å². The monoisotopic (exact) mass is 393 g/mol. The second-order valence-corrected chi connectivity index (χ2v) is 11.0. The number of piperidine rings is 1. The highest BCUT2D eigenvalue weighted by atomic mass is 33.1. The van der Waals surface area contributed by atoms with Gasteiger partial charge in [0.1, 0.15) is 0 Å². The molecule has 144 valence electrons. The van der Waals surface area contributed by atoms with E-state index in [2.05, 4.69) is 31.0 Å².